The van der Waals surface area contributed by atoms with Crippen LogP contribution in [0.3, 0.4) is 0 Å². The molecule has 0 bridgehead atoms. The number of amides is 1. The molecule has 2 aliphatic carbocycles. The van der Waals surface area contributed by atoms with Gasteiger partial charge in [-0.15, -0.1) is 0 Å². The van der Waals surface area contributed by atoms with E-state index in [1.807, 2.05) is 20.8 Å². The van der Waals surface area contributed by atoms with Gasteiger partial charge in [0.15, 0.2) is 0 Å². The van der Waals surface area contributed by atoms with Gasteiger partial charge in [0.25, 0.3) is 0 Å². The van der Waals surface area contributed by atoms with E-state index in [1.165, 1.54) is 6.42 Å². The molecule has 18 heavy (non-hydrogen) atoms. The molecule has 0 saturated heterocycles. The second kappa shape index (κ2) is 4.41. The van der Waals surface area contributed by atoms with Crippen LogP contribution in [-0.4, -0.2) is 29.8 Å². The van der Waals surface area contributed by atoms with Crippen molar-refractivity contribution in [3.05, 3.63) is 0 Å². The first-order chi connectivity index (χ1) is 8.16. The molecule has 0 aliphatic heterocycles. The van der Waals surface area contributed by atoms with Crippen LogP contribution in [0.1, 0.15) is 53.9 Å². The predicted molar refractivity (Wildman–Crippen MR) is 71.5 cm³/mol. The highest BCUT2D eigenvalue weighted by molar-refractivity contribution is 5.68. The first kappa shape index (κ1) is 13.7. The normalized spacial score (nSPS) is 33.5. The molecular formula is C14H26N2O2. The summed E-state index contributed by atoms with van der Waals surface area (Å²) in [4.78, 5) is 11.6. The largest absolute Gasteiger partial charge is 0.444 e. The van der Waals surface area contributed by atoms with Crippen LogP contribution >= 0.6 is 0 Å². The van der Waals surface area contributed by atoms with Crippen LogP contribution in [-0.2, 0) is 4.74 Å². The van der Waals surface area contributed by atoms with E-state index in [0.717, 1.165) is 12.8 Å². The first-order valence-corrected chi connectivity index (χ1v) is 6.91. The Kier molecular flexibility index (Phi) is 3.34. The fraction of sp³-hybridized carbons (Fsp3) is 0.929. The van der Waals surface area contributed by atoms with Crippen molar-refractivity contribution in [2.45, 2.75) is 77.6 Å². The van der Waals surface area contributed by atoms with E-state index >= 15 is 0 Å². The number of hydrogen-bond acceptors (Lipinski definition) is 3. The van der Waals surface area contributed by atoms with Crippen molar-refractivity contribution < 1.29 is 9.53 Å². The molecule has 2 rings (SSSR count). The van der Waals surface area contributed by atoms with Crippen molar-refractivity contribution in [1.29, 1.82) is 0 Å². The molecule has 0 radical (unpaired) electrons. The van der Waals surface area contributed by atoms with E-state index < -0.39 is 5.60 Å². The fourth-order valence-electron chi connectivity index (χ4n) is 2.38. The quantitative estimate of drug-likeness (QED) is 0.813. The van der Waals surface area contributed by atoms with Gasteiger partial charge in [-0.2, -0.15) is 0 Å². The number of hydrogen-bond donors (Lipinski definition) is 2. The van der Waals surface area contributed by atoms with Crippen LogP contribution in [0.15, 0.2) is 0 Å². The maximum atomic E-state index is 11.6. The Morgan fingerprint density at radius 1 is 1.22 bits per heavy atom. The monoisotopic (exact) mass is 254 g/mol. The molecule has 1 amide bonds. The summed E-state index contributed by atoms with van der Waals surface area (Å²) in [7, 11) is 0. The Morgan fingerprint density at radius 3 is 2.22 bits per heavy atom. The maximum Gasteiger partial charge on any atom is 0.407 e. The molecule has 4 heteroatoms. The lowest BCUT2D eigenvalue weighted by molar-refractivity contribution is 0.0464. The van der Waals surface area contributed by atoms with Gasteiger partial charge in [-0.3, -0.25) is 0 Å². The Hall–Kier alpha value is -0.770. The van der Waals surface area contributed by atoms with Gasteiger partial charge in [0.1, 0.15) is 5.60 Å². The molecule has 0 aromatic rings. The van der Waals surface area contributed by atoms with Crippen molar-refractivity contribution in [2.24, 2.45) is 5.41 Å². The highest BCUT2D eigenvalue weighted by Gasteiger charge is 2.47. The molecule has 0 aromatic heterocycles. The molecule has 0 spiro atoms. The van der Waals surface area contributed by atoms with Crippen LogP contribution in [0.2, 0.25) is 0 Å². The van der Waals surface area contributed by atoms with E-state index in [9.17, 15) is 4.79 Å². The first-order valence-electron chi connectivity index (χ1n) is 6.91. The van der Waals surface area contributed by atoms with Gasteiger partial charge < -0.3 is 15.4 Å². The maximum absolute atomic E-state index is 11.6. The summed E-state index contributed by atoms with van der Waals surface area (Å²) in [5.74, 6) is 0. The van der Waals surface area contributed by atoms with Crippen LogP contribution in [0.25, 0.3) is 0 Å². The van der Waals surface area contributed by atoms with E-state index in [1.54, 1.807) is 0 Å². The number of nitrogens with one attached hydrogen (secondary N) is 2. The summed E-state index contributed by atoms with van der Waals surface area (Å²) in [6.45, 7) is 10.2. The van der Waals surface area contributed by atoms with Crippen LogP contribution in [0.4, 0.5) is 4.79 Å². The van der Waals surface area contributed by atoms with Crippen molar-refractivity contribution in [3.63, 3.8) is 0 Å². The standard InChI is InChI=1S/C14H26N2O2/c1-13(2,3)18-12(17)16-10-6-9(7-10)15-11-8-14(11,4)5/h9-11,15H,6-8H2,1-5H3,(H,16,17). The smallest absolute Gasteiger partial charge is 0.407 e. The lowest BCUT2D eigenvalue weighted by atomic mass is 9.86. The second-order valence-electron chi connectivity index (χ2n) is 7.42. The lowest BCUT2D eigenvalue weighted by Crippen LogP contribution is -2.54. The fourth-order valence-corrected chi connectivity index (χ4v) is 2.38. The molecule has 1 atom stereocenters. The van der Waals surface area contributed by atoms with Crippen molar-refractivity contribution in [3.8, 4) is 0 Å². The van der Waals surface area contributed by atoms with Crippen LogP contribution in [0, 0.1) is 5.41 Å². The predicted octanol–water partition coefficient (Wildman–Crippen LogP) is 2.43. The summed E-state index contributed by atoms with van der Waals surface area (Å²) in [6.07, 6.45) is 3.02. The number of carbonyl (C=O) groups excluding carboxylic acids is 1. The van der Waals surface area contributed by atoms with Gasteiger partial charge in [-0.1, -0.05) is 13.8 Å². The van der Waals surface area contributed by atoms with E-state index in [0.29, 0.717) is 17.5 Å². The van der Waals surface area contributed by atoms with Crippen molar-refractivity contribution in [2.75, 3.05) is 0 Å². The van der Waals surface area contributed by atoms with Crippen LogP contribution in [0.5, 0.6) is 0 Å². The van der Waals surface area contributed by atoms with Gasteiger partial charge >= 0.3 is 6.09 Å². The summed E-state index contributed by atoms with van der Waals surface area (Å²) in [5, 5.41) is 6.56. The second-order valence-corrected chi connectivity index (χ2v) is 7.42. The Balaban J connectivity index is 1.60. The topological polar surface area (TPSA) is 50.4 Å². The SMILES string of the molecule is CC(C)(C)OC(=O)NC1CC(NC2CC2(C)C)C1. The Bertz CT molecular complexity index is 327. The highest BCUT2D eigenvalue weighted by Crippen LogP contribution is 2.45. The van der Waals surface area contributed by atoms with Crippen molar-refractivity contribution in [1.82, 2.24) is 10.6 Å². The Labute approximate surface area is 110 Å². The van der Waals surface area contributed by atoms with Gasteiger partial charge in [0.2, 0.25) is 0 Å². The third kappa shape index (κ3) is 3.61. The average Bonchev–Trinajstić information content (AvgIpc) is 2.66. The van der Waals surface area contributed by atoms with E-state index in [2.05, 4.69) is 24.5 Å². The summed E-state index contributed by atoms with van der Waals surface area (Å²) >= 11 is 0. The third-order valence-electron chi connectivity index (χ3n) is 3.81. The third-order valence-corrected chi connectivity index (χ3v) is 3.81. The number of carbonyl (C=O) groups is 1. The van der Waals surface area contributed by atoms with E-state index in [4.69, 9.17) is 4.74 Å². The van der Waals surface area contributed by atoms with E-state index in [-0.39, 0.29) is 12.1 Å². The number of ether oxygens (including phenoxy) is 1. The minimum Gasteiger partial charge on any atom is -0.444 e. The summed E-state index contributed by atoms with van der Waals surface area (Å²) in [6, 6.07) is 1.51. The van der Waals surface area contributed by atoms with Gasteiger partial charge in [0, 0.05) is 18.1 Å². The zero-order valence-electron chi connectivity index (χ0n) is 12.2. The lowest BCUT2D eigenvalue weighted by Gasteiger charge is -2.37. The molecule has 2 saturated carbocycles. The van der Waals surface area contributed by atoms with Crippen molar-refractivity contribution >= 4 is 6.09 Å². The zero-order valence-corrected chi connectivity index (χ0v) is 12.2. The number of rotatable bonds is 3. The zero-order chi connectivity index (χ0) is 13.6. The molecule has 2 aliphatic rings. The van der Waals surface area contributed by atoms with Crippen LogP contribution < -0.4 is 10.6 Å². The molecule has 0 heterocycles. The molecule has 2 N–H and O–H groups in total. The molecule has 104 valence electrons. The average molecular weight is 254 g/mol. The summed E-state index contributed by atoms with van der Waals surface area (Å²) < 4.78 is 5.24. The molecule has 4 nitrogen and oxygen atoms in total. The van der Waals surface area contributed by atoms with Gasteiger partial charge in [-0.05, 0) is 45.4 Å². The molecule has 1 unspecified atom stereocenters. The van der Waals surface area contributed by atoms with Gasteiger partial charge in [0.05, 0.1) is 0 Å². The summed E-state index contributed by atoms with van der Waals surface area (Å²) in [5.41, 5.74) is 0.0627. The minimum atomic E-state index is -0.413. The highest BCUT2D eigenvalue weighted by atomic mass is 16.6. The van der Waals surface area contributed by atoms with Gasteiger partial charge in [-0.25, -0.2) is 4.79 Å². The Morgan fingerprint density at radius 2 is 1.78 bits per heavy atom. The molecule has 0 aromatic carbocycles. The molecular weight excluding hydrogens is 228 g/mol. The minimum absolute atomic E-state index is 0.277. The number of alkyl carbamates (subject to hydrolysis) is 1. The molecule has 2 fully saturated rings.